The van der Waals surface area contributed by atoms with Crippen molar-refractivity contribution in [2.45, 2.75) is 38.1 Å². The SMILES string of the molecule is CCOCCCOC(=O)c1cc2cc(CC(=O)[C@H]3NCC[C@H]3c3ccccc3)ccc2[nH]1. The molecule has 6 nitrogen and oxygen atoms in total. The predicted molar refractivity (Wildman–Crippen MR) is 124 cm³/mol. The van der Waals surface area contributed by atoms with Crippen LogP contribution in [0.2, 0.25) is 0 Å². The summed E-state index contributed by atoms with van der Waals surface area (Å²) >= 11 is 0. The predicted octanol–water partition coefficient (Wildman–Crippen LogP) is 4.01. The Morgan fingerprint density at radius 1 is 1.06 bits per heavy atom. The van der Waals surface area contributed by atoms with Gasteiger partial charge in [0.05, 0.1) is 12.6 Å². The van der Waals surface area contributed by atoms with Gasteiger partial charge in [-0.25, -0.2) is 4.79 Å². The molecule has 1 aromatic heterocycles. The Kier molecular flexibility index (Phi) is 7.35. The van der Waals surface area contributed by atoms with Crippen molar-refractivity contribution in [2.24, 2.45) is 0 Å². The van der Waals surface area contributed by atoms with Crippen LogP contribution in [-0.4, -0.2) is 49.1 Å². The number of fused-ring (bicyclic) bond motifs is 1. The fourth-order valence-electron chi connectivity index (χ4n) is 4.36. The van der Waals surface area contributed by atoms with Crippen LogP contribution in [0.25, 0.3) is 10.9 Å². The number of hydrogen-bond donors (Lipinski definition) is 2. The molecular formula is C26H30N2O4. The Hall–Kier alpha value is -2.96. The van der Waals surface area contributed by atoms with Gasteiger partial charge in [0.25, 0.3) is 0 Å². The number of carbonyl (C=O) groups excluding carboxylic acids is 2. The molecule has 2 aromatic carbocycles. The first-order valence-corrected chi connectivity index (χ1v) is 11.3. The Morgan fingerprint density at radius 2 is 1.91 bits per heavy atom. The highest BCUT2D eigenvalue weighted by Crippen LogP contribution is 2.29. The van der Waals surface area contributed by atoms with Crippen LogP contribution in [0, 0.1) is 0 Å². The molecule has 0 unspecified atom stereocenters. The van der Waals surface area contributed by atoms with Gasteiger partial charge >= 0.3 is 5.97 Å². The molecule has 0 radical (unpaired) electrons. The molecule has 0 spiro atoms. The molecule has 1 saturated heterocycles. The maximum Gasteiger partial charge on any atom is 0.354 e. The fraction of sp³-hybridized carbons (Fsp3) is 0.385. The second kappa shape index (κ2) is 10.6. The average Bonchev–Trinajstić information content (AvgIpc) is 3.46. The third-order valence-electron chi connectivity index (χ3n) is 5.95. The van der Waals surface area contributed by atoms with E-state index in [0.29, 0.717) is 38.4 Å². The first-order chi connectivity index (χ1) is 15.7. The Labute approximate surface area is 188 Å². The van der Waals surface area contributed by atoms with E-state index in [1.54, 1.807) is 6.07 Å². The summed E-state index contributed by atoms with van der Waals surface area (Å²) in [5.41, 5.74) is 3.42. The molecule has 2 atom stereocenters. The molecule has 168 valence electrons. The second-order valence-electron chi connectivity index (χ2n) is 8.17. The molecule has 3 aromatic rings. The summed E-state index contributed by atoms with van der Waals surface area (Å²) in [7, 11) is 0. The van der Waals surface area contributed by atoms with Crippen LogP contribution in [-0.2, 0) is 20.7 Å². The van der Waals surface area contributed by atoms with Crippen molar-refractivity contribution in [2.75, 3.05) is 26.4 Å². The highest BCUT2D eigenvalue weighted by Gasteiger charge is 2.33. The maximum atomic E-state index is 13.1. The van der Waals surface area contributed by atoms with Crippen molar-refractivity contribution in [1.29, 1.82) is 0 Å². The van der Waals surface area contributed by atoms with Crippen molar-refractivity contribution in [3.05, 3.63) is 71.4 Å². The van der Waals surface area contributed by atoms with Crippen LogP contribution in [0.3, 0.4) is 0 Å². The summed E-state index contributed by atoms with van der Waals surface area (Å²) in [5.74, 6) is 0.0279. The number of H-pyrrole nitrogens is 1. The third kappa shape index (κ3) is 5.26. The Balaban J connectivity index is 1.39. The molecule has 1 aliphatic heterocycles. The standard InChI is InChI=1S/C26H30N2O4/c1-2-31-13-6-14-32-26(30)23-17-20-15-18(9-10-22(20)28-23)16-24(29)25-21(11-12-27-25)19-7-4-3-5-8-19/h3-5,7-10,15,17,21,25,27-28H,2,6,11-14,16H2,1H3/t21-,25-/m0/s1. The molecule has 0 amide bonds. The first-order valence-electron chi connectivity index (χ1n) is 11.3. The number of rotatable bonds is 10. The molecule has 4 rings (SSSR count). The molecule has 0 saturated carbocycles. The molecule has 2 heterocycles. The average molecular weight is 435 g/mol. The van der Waals surface area contributed by atoms with Crippen molar-refractivity contribution >= 4 is 22.7 Å². The molecule has 1 aliphatic rings. The van der Waals surface area contributed by atoms with Gasteiger partial charge < -0.3 is 19.8 Å². The van der Waals surface area contributed by atoms with Crippen molar-refractivity contribution in [1.82, 2.24) is 10.3 Å². The van der Waals surface area contributed by atoms with Crippen LogP contribution >= 0.6 is 0 Å². The van der Waals surface area contributed by atoms with Crippen LogP contribution < -0.4 is 5.32 Å². The lowest BCUT2D eigenvalue weighted by molar-refractivity contribution is -0.120. The summed E-state index contributed by atoms with van der Waals surface area (Å²) in [5, 5.41) is 4.29. The van der Waals surface area contributed by atoms with Crippen LogP contribution in [0.5, 0.6) is 0 Å². The van der Waals surface area contributed by atoms with E-state index in [-0.39, 0.29) is 23.7 Å². The van der Waals surface area contributed by atoms with Gasteiger partial charge in [-0.3, -0.25) is 4.79 Å². The van der Waals surface area contributed by atoms with E-state index in [1.807, 2.05) is 43.3 Å². The lowest BCUT2D eigenvalue weighted by Crippen LogP contribution is -2.35. The normalized spacial score (nSPS) is 18.2. The van der Waals surface area contributed by atoms with E-state index in [1.165, 1.54) is 5.56 Å². The zero-order valence-electron chi connectivity index (χ0n) is 18.4. The molecular weight excluding hydrogens is 404 g/mol. The summed E-state index contributed by atoms with van der Waals surface area (Å²) in [6.45, 7) is 4.34. The van der Waals surface area contributed by atoms with E-state index in [9.17, 15) is 9.59 Å². The largest absolute Gasteiger partial charge is 0.461 e. The number of aromatic amines is 1. The summed E-state index contributed by atoms with van der Waals surface area (Å²) < 4.78 is 10.6. The topological polar surface area (TPSA) is 80.4 Å². The van der Waals surface area contributed by atoms with Gasteiger partial charge in [-0.15, -0.1) is 0 Å². The maximum absolute atomic E-state index is 13.1. The third-order valence-corrected chi connectivity index (χ3v) is 5.95. The number of benzene rings is 2. The quantitative estimate of drug-likeness (QED) is 0.372. The number of ketones is 1. The van der Waals surface area contributed by atoms with Gasteiger partial charge in [0.15, 0.2) is 5.78 Å². The number of carbonyl (C=O) groups is 2. The van der Waals surface area contributed by atoms with Gasteiger partial charge in [-0.1, -0.05) is 36.4 Å². The number of Topliss-reactive ketones (excluding diaryl/α,β-unsaturated/α-hetero) is 1. The molecule has 32 heavy (non-hydrogen) atoms. The van der Waals surface area contributed by atoms with E-state index >= 15 is 0 Å². The smallest absolute Gasteiger partial charge is 0.354 e. The summed E-state index contributed by atoms with van der Waals surface area (Å²) in [4.78, 5) is 28.5. The number of hydrogen-bond acceptors (Lipinski definition) is 5. The second-order valence-corrected chi connectivity index (χ2v) is 8.17. The van der Waals surface area contributed by atoms with Crippen LogP contribution in [0.4, 0.5) is 0 Å². The zero-order valence-corrected chi connectivity index (χ0v) is 18.4. The zero-order chi connectivity index (χ0) is 22.3. The lowest BCUT2D eigenvalue weighted by Gasteiger charge is -2.19. The summed E-state index contributed by atoms with van der Waals surface area (Å²) in [6.07, 6.45) is 2.00. The Bertz CT molecular complexity index is 1060. The van der Waals surface area contributed by atoms with E-state index in [0.717, 1.165) is 29.4 Å². The molecule has 0 bridgehead atoms. The molecule has 1 fully saturated rings. The van der Waals surface area contributed by atoms with Crippen LogP contribution in [0.15, 0.2) is 54.6 Å². The van der Waals surface area contributed by atoms with Gasteiger partial charge in [-0.05, 0) is 49.2 Å². The fourth-order valence-corrected chi connectivity index (χ4v) is 4.36. The molecule has 6 heteroatoms. The van der Waals surface area contributed by atoms with E-state index < -0.39 is 0 Å². The first kappa shape index (κ1) is 22.2. The van der Waals surface area contributed by atoms with E-state index in [2.05, 4.69) is 22.4 Å². The number of aromatic nitrogens is 1. The van der Waals surface area contributed by atoms with Crippen molar-refractivity contribution < 1.29 is 19.1 Å². The Morgan fingerprint density at radius 3 is 2.72 bits per heavy atom. The van der Waals surface area contributed by atoms with Crippen molar-refractivity contribution in [3.8, 4) is 0 Å². The number of nitrogens with one attached hydrogen (secondary N) is 2. The highest BCUT2D eigenvalue weighted by atomic mass is 16.5. The minimum atomic E-state index is -0.379. The summed E-state index contributed by atoms with van der Waals surface area (Å²) in [6, 6.07) is 17.7. The monoisotopic (exact) mass is 434 g/mol. The minimum Gasteiger partial charge on any atom is -0.461 e. The number of esters is 1. The minimum absolute atomic E-state index is 0.165. The lowest BCUT2D eigenvalue weighted by atomic mass is 9.88. The van der Waals surface area contributed by atoms with Gasteiger partial charge in [0.1, 0.15) is 5.69 Å². The van der Waals surface area contributed by atoms with Gasteiger partial charge in [0.2, 0.25) is 0 Å². The molecule has 2 N–H and O–H groups in total. The molecule has 0 aliphatic carbocycles. The number of ether oxygens (including phenoxy) is 2. The van der Waals surface area contributed by atoms with Crippen LogP contribution in [0.1, 0.15) is 47.3 Å². The van der Waals surface area contributed by atoms with Gasteiger partial charge in [0, 0.05) is 42.9 Å². The van der Waals surface area contributed by atoms with Crippen molar-refractivity contribution in [3.63, 3.8) is 0 Å². The van der Waals surface area contributed by atoms with E-state index in [4.69, 9.17) is 9.47 Å². The van der Waals surface area contributed by atoms with Gasteiger partial charge in [-0.2, -0.15) is 0 Å². The highest BCUT2D eigenvalue weighted by molar-refractivity contribution is 5.95.